The first-order chi connectivity index (χ1) is 4.80. The fraction of sp³-hybridized carbons (Fsp3) is 0.600. The number of carbonyl (C=O) groups is 2. The average molecular weight is 198 g/mol. The smallest absolute Gasteiger partial charge is 0.267 e. The Kier molecular flexibility index (Phi) is 1.67. The van der Waals surface area contributed by atoms with E-state index >= 15 is 0 Å². The van der Waals surface area contributed by atoms with Gasteiger partial charge in [0.05, 0.1) is 0 Å². The van der Waals surface area contributed by atoms with Gasteiger partial charge in [0, 0.05) is 13.8 Å². The zero-order valence-corrected chi connectivity index (χ0v) is 7.53. The number of halogens is 2. The summed E-state index contributed by atoms with van der Waals surface area (Å²) in [7, 11) is 0. The van der Waals surface area contributed by atoms with Gasteiger partial charge in [0.25, 0.3) is 5.91 Å². The van der Waals surface area contributed by atoms with Crippen molar-refractivity contribution < 1.29 is 13.1 Å². The van der Waals surface area contributed by atoms with E-state index in [4.69, 9.17) is 23.6 Å². The third-order valence-corrected chi connectivity index (χ3v) is 2.89. The molecular weight excluding hydrogens is 191 g/mol. The van der Waals surface area contributed by atoms with Crippen LogP contribution in [0.15, 0.2) is 0 Å². The summed E-state index contributed by atoms with van der Waals surface area (Å²) in [6.45, 7) is 2.99. The summed E-state index contributed by atoms with van der Waals surface area (Å²) < 4.78 is -0.980. The van der Waals surface area contributed by atoms with Crippen molar-refractivity contribution in [3.05, 3.63) is 0 Å². The average Bonchev–Trinajstić information content (AvgIpc) is 1.95. The maximum absolute atomic E-state index is 11.0. The first-order valence-electron chi connectivity index (χ1n) is 2.94. The molecule has 0 aromatic carbocycles. The number of amides is 3. The number of carbonyl (C=O) groups excluding carboxylic acids is 2. The topological polar surface area (TPSA) is 46.2 Å². The van der Waals surface area contributed by atoms with E-state index in [1.165, 1.54) is 13.8 Å². The highest BCUT2D eigenvalue weighted by molar-refractivity contribution is 6.33. The molecule has 3 amide bonds. The van der Waals surface area contributed by atoms with Gasteiger partial charge in [-0.2, -0.15) is 0 Å². The molecule has 1 saturated heterocycles. The van der Waals surface area contributed by atoms with Crippen molar-refractivity contribution in [2.24, 2.45) is 0 Å². The van der Waals surface area contributed by atoms with Crippen molar-refractivity contribution >= 4 is 35.5 Å². The second-order valence-electron chi connectivity index (χ2n) is 2.83. The summed E-state index contributed by atoms with van der Waals surface area (Å²) in [4.78, 5) is 21.9. The molecular formula is C5H7Cl2N2O2+. The normalized spacial score (nSPS) is 26.9. The summed E-state index contributed by atoms with van der Waals surface area (Å²) in [6.07, 6.45) is 0. The third kappa shape index (κ3) is 0.937. The number of imide groups is 1. The molecule has 0 atom stereocenters. The van der Waals surface area contributed by atoms with Crippen molar-refractivity contribution in [1.29, 1.82) is 0 Å². The summed E-state index contributed by atoms with van der Waals surface area (Å²) >= 11 is 11.1. The molecule has 0 radical (unpaired) electrons. The molecule has 1 aliphatic heterocycles. The molecule has 6 heteroatoms. The van der Waals surface area contributed by atoms with E-state index in [0.29, 0.717) is 0 Å². The Morgan fingerprint density at radius 3 is 1.91 bits per heavy atom. The number of quaternary nitrogens is 1. The lowest BCUT2D eigenvalue weighted by atomic mass is 10.1. The molecule has 0 bridgehead atoms. The molecule has 1 heterocycles. The van der Waals surface area contributed by atoms with E-state index < -0.39 is 21.0 Å². The minimum atomic E-state index is -1.11. The Labute approximate surface area is 73.9 Å². The van der Waals surface area contributed by atoms with Crippen molar-refractivity contribution in [2.75, 3.05) is 0 Å². The van der Waals surface area contributed by atoms with Gasteiger partial charge < -0.3 is 0 Å². The van der Waals surface area contributed by atoms with Crippen molar-refractivity contribution in [1.82, 2.24) is 5.32 Å². The maximum atomic E-state index is 11.0. The Morgan fingerprint density at radius 2 is 1.82 bits per heavy atom. The summed E-state index contributed by atoms with van der Waals surface area (Å²) in [5.41, 5.74) is -1.11. The van der Waals surface area contributed by atoms with Crippen LogP contribution in [0.4, 0.5) is 4.79 Å². The second-order valence-corrected chi connectivity index (χ2v) is 4.02. The van der Waals surface area contributed by atoms with Gasteiger partial charge in [0.2, 0.25) is 5.54 Å². The van der Waals surface area contributed by atoms with Gasteiger partial charge >= 0.3 is 6.03 Å². The van der Waals surface area contributed by atoms with Gasteiger partial charge in [-0.05, 0) is 3.52 Å². The van der Waals surface area contributed by atoms with Crippen LogP contribution in [0.25, 0.3) is 0 Å². The lowest BCUT2D eigenvalue weighted by molar-refractivity contribution is -0.641. The Hall–Kier alpha value is -0.320. The molecule has 1 aliphatic rings. The number of urea groups is 1. The lowest BCUT2D eigenvalue weighted by Gasteiger charge is -2.21. The van der Waals surface area contributed by atoms with Crippen LogP contribution in [0.2, 0.25) is 0 Å². The quantitative estimate of drug-likeness (QED) is 0.468. The fourth-order valence-electron chi connectivity index (χ4n) is 0.702. The zero-order chi connectivity index (χ0) is 8.86. The third-order valence-electron chi connectivity index (χ3n) is 1.73. The lowest BCUT2D eigenvalue weighted by Crippen LogP contribution is -2.47. The minimum Gasteiger partial charge on any atom is -0.267 e. The van der Waals surface area contributed by atoms with E-state index in [1.807, 2.05) is 5.32 Å². The standard InChI is InChI=1S/C5H6Cl2N2O2/c1-5(2)3(10)8-4(11)9(5,6)7/h1-2H3/p+1. The number of rotatable bonds is 0. The summed E-state index contributed by atoms with van der Waals surface area (Å²) in [5.74, 6) is -0.465. The Morgan fingerprint density at radius 1 is 1.36 bits per heavy atom. The first kappa shape index (κ1) is 8.77. The molecule has 1 N–H and O–H groups in total. The monoisotopic (exact) mass is 197 g/mol. The number of nitrogens with one attached hydrogen (secondary N) is 1. The van der Waals surface area contributed by atoms with Crippen LogP contribution in [0.5, 0.6) is 0 Å². The molecule has 0 aromatic heterocycles. The van der Waals surface area contributed by atoms with E-state index in [0.717, 1.165) is 0 Å². The van der Waals surface area contributed by atoms with Gasteiger partial charge in [-0.15, -0.1) is 0 Å². The van der Waals surface area contributed by atoms with Crippen LogP contribution in [-0.2, 0) is 4.79 Å². The predicted molar refractivity (Wildman–Crippen MR) is 39.6 cm³/mol. The van der Waals surface area contributed by atoms with Gasteiger partial charge in [-0.3, -0.25) is 4.79 Å². The summed E-state index contributed by atoms with van der Waals surface area (Å²) in [5, 5.41) is 2.03. The van der Waals surface area contributed by atoms with Crippen LogP contribution in [-0.4, -0.2) is 21.0 Å². The predicted octanol–water partition coefficient (Wildman–Crippen LogP) is 1.14. The largest absolute Gasteiger partial charge is 0.460 e. The molecule has 0 aromatic rings. The zero-order valence-electron chi connectivity index (χ0n) is 6.02. The Balaban J connectivity index is 3.15. The van der Waals surface area contributed by atoms with E-state index in [9.17, 15) is 9.59 Å². The van der Waals surface area contributed by atoms with Gasteiger partial charge in [-0.1, -0.05) is 0 Å². The molecule has 4 nitrogen and oxygen atoms in total. The molecule has 1 fully saturated rings. The first-order valence-corrected chi connectivity index (χ1v) is 3.62. The summed E-state index contributed by atoms with van der Waals surface area (Å²) in [6, 6.07) is -0.705. The molecule has 0 aliphatic carbocycles. The van der Waals surface area contributed by atoms with E-state index in [2.05, 4.69) is 0 Å². The van der Waals surface area contributed by atoms with Gasteiger partial charge in [0.15, 0.2) is 23.6 Å². The highest BCUT2D eigenvalue weighted by Crippen LogP contribution is 2.36. The fourth-order valence-corrected chi connectivity index (χ4v) is 0.940. The van der Waals surface area contributed by atoms with E-state index in [1.54, 1.807) is 0 Å². The van der Waals surface area contributed by atoms with Crippen molar-refractivity contribution in [3.8, 4) is 0 Å². The number of nitrogens with zero attached hydrogens (tertiary/aromatic N) is 1. The van der Waals surface area contributed by atoms with Crippen LogP contribution >= 0.6 is 23.6 Å². The highest BCUT2D eigenvalue weighted by atomic mass is 35.5. The van der Waals surface area contributed by atoms with Gasteiger partial charge in [-0.25, -0.2) is 10.1 Å². The van der Waals surface area contributed by atoms with Crippen LogP contribution < -0.4 is 5.32 Å². The van der Waals surface area contributed by atoms with E-state index in [-0.39, 0.29) is 0 Å². The molecule has 0 unspecified atom stereocenters. The highest BCUT2D eigenvalue weighted by Gasteiger charge is 2.63. The molecule has 0 spiro atoms. The van der Waals surface area contributed by atoms with Gasteiger partial charge in [0.1, 0.15) is 0 Å². The van der Waals surface area contributed by atoms with Crippen molar-refractivity contribution in [3.63, 3.8) is 0 Å². The number of hydrogen-bond acceptors (Lipinski definition) is 2. The molecule has 62 valence electrons. The van der Waals surface area contributed by atoms with Crippen molar-refractivity contribution in [2.45, 2.75) is 19.4 Å². The second kappa shape index (κ2) is 2.09. The number of hydrogen-bond donors (Lipinski definition) is 1. The molecule has 1 rings (SSSR count). The van der Waals surface area contributed by atoms with Crippen LogP contribution in [0.3, 0.4) is 0 Å². The Bertz CT molecular complexity index is 213. The molecule has 11 heavy (non-hydrogen) atoms. The SMILES string of the molecule is CC1(C)C(=O)NC(=O)[N+]1(Cl)Cl. The van der Waals surface area contributed by atoms with Crippen LogP contribution in [0.1, 0.15) is 13.8 Å². The maximum Gasteiger partial charge on any atom is 0.460 e. The van der Waals surface area contributed by atoms with Crippen LogP contribution in [0, 0.1) is 0 Å². The minimum absolute atomic E-state index is 0.465. The molecule has 0 saturated carbocycles.